The topological polar surface area (TPSA) is 45.2 Å². The fourth-order valence-corrected chi connectivity index (χ4v) is 4.37. The second kappa shape index (κ2) is 9.25. The summed E-state index contributed by atoms with van der Waals surface area (Å²) in [6.45, 7) is 1.60. The van der Waals surface area contributed by atoms with Crippen molar-refractivity contribution in [1.29, 1.82) is 0 Å². The average molecular weight is 473 g/mol. The van der Waals surface area contributed by atoms with Crippen LogP contribution in [0.2, 0.25) is 0 Å². The number of aromatic nitrogens is 1. The number of anilines is 2. The molecule has 0 radical (unpaired) electrons. The van der Waals surface area contributed by atoms with Crippen LogP contribution in [0.15, 0.2) is 91.1 Å². The number of benzene rings is 3. The van der Waals surface area contributed by atoms with E-state index in [9.17, 15) is 18.0 Å². The first-order chi connectivity index (χ1) is 16.9. The molecule has 2 heterocycles. The SMILES string of the molecule is O=C(Nc1ccc2c(c1)CCN2Cc1ccccn1)c1ccccc1-c1ccc(C(F)(F)F)cc1. The van der Waals surface area contributed by atoms with Crippen molar-refractivity contribution in [3.8, 4) is 11.1 Å². The van der Waals surface area contributed by atoms with Gasteiger partial charge in [0.05, 0.1) is 17.8 Å². The standard InChI is InChI=1S/C28H22F3N3O/c29-28(30,31)21-10-8-19(9-11-21)24-6-1-2-7-25(24)27(35)33-22-12-13-26-20(17-22)14-16-34(26)18-23-5-3-4-15-32-23/h1-13,15,17H,14,16,18H2,(H,33,35). The number of halogens is 3. The van der Waals surface area contributed by atoms with Crippen LogP contribution in [0, 0.1) is 0 Å². The Morgan fingerprint density at radius 1 is 0.943 bits per heavy atom. The van der Waals surface area contributed by atoms with E-state index in [2.05, 4.69) is 15.2 Å². The van der Waals surface area contributed by atoms with E-state index in [1.54, 1.807) is 30.5 Å². The Morgan fingerprint density at radius 3 is 2.46 bits per heavy atom. The fraction of sp³-hybridized carbons (Fsp3) is 0.143. The second-order valence-corrected chi connectivity index (χ2v) is 8.41. The van der Waals surface area contributed by atoms with Gasteiger partial charge in [0.15, 0.2) is 0 Å². The normalized spacial score (nSPS) is 12.9. The van der Waals surface area contributed by atoms with Crippen molar-refractivity contribution < 1.29 is 18.0 Å². The molecule has 0 unspecified atom stereocenters. The Bertz CT molecular complexity index is 1350. The molecule has 5 rings (SSSR count). The summed E-state index contributed by atoms with van der Waals surface area (Å²) in [5, 5.41) is 2.95. The van der Waals surface area contributed by atoms with Crippen LogP contribution in [-0.2, 0) is 19.1 Å². The number of hydrogen-bond donors (Lipinski definition) is 1. The molecule has 7 heteroatoms. The summed E-state index contributed by atoms with van der Waals surface area (Å²) in [6.07, 6.45) is -1.75. The number of nitrogens with one attached hydrogen (secondary N) is 1. The zero-order chi connectivity index (χ0) is 24.4. The molecule has 0 saturated carbocycles. The van der Waals surface area contributed by atoms with Gasteiger partial charge in [0.25, 0.3) is 5.91 Å². The zero-order valence-electron chi connectivity index (χ0n) is 18.7. The monoisotopic (exact) mass is 473 g/mol. The van der Waals surface area contributed by atoms with Crippen molar-refractivity contribution in [2.45, 2.75) is 19.1 Å². The minimum absolute atomic E-state index is 0.316. The summed E-state index contributed by atoms with van der Waals surface area (Å²) in [5.41, 5.74) is 4.73. The summed E-state index contributed by atoms with van der Waals surface area (Å²) in [7, 11) is 0. The maximum Gasteiger partial charge on any atom is 0.416 e. The molecule has 35 heavy (non-hydrogen) atoms. The smallest absolute Gasteiger partial charge is 0.365 e. The van der Waals surface area contributed by atoms with Gasteiger partial charge in [0.2, 0.25) is 0 Å². The van der Waals surface area contributed by atoms with Gasteiger partial charge in [0, 0.05) is 29.7 Å². The largest absolute Gasteiger partial charge is 0.416 e. The van der Waals surface area contributed by atoms with E-state index in [1.807, 2.05) is 36.4 Å². The van der Waals surface area contributed by atoms with Gasteiger partial charge in [-0.05, 0) is 71.6 Å². The van der Waals surface area contributed by atoms with Gasteiger partial charge in [-0.15, -0.1) is 0 Å². The van der Waals surface area contributed by atoms with E-state index >= 15 is 0 Å². The predicted octanol–water partition coefficient (Wildman–Crippen LogP) is 6.58. The van der Waals surface area contributed by atoms with Crippen LogP contribution in [0.4, 0.5) is 24.5 Å². The van der Waals surface area contributed by atoms with Gasteiger partial charge in [-0.2, -0.15) is 13.2 Å². The van der Waals surface area contributed by atoms with Gasteiger partial charge < -0.3 is 10.2 Å². The molecule has 0 aliphatic carbocycles. The number of rotatable bonds is 5. The highest BCUT2D eigenvalue weighted by Crippen LogP contribution is 2.33. The van der Waals surface area contributed by atoms with E-state index in [0.29, 0.717) is 22.4 Å². The summed E-state index contributed by atoms with van der Waals surface area (Å²) >= 11 is 0. The molecule has 4 nitrogen and oxygen atoms in total. The van der Waals surface area contributed by atoms with Crippen LogP contribution in [-0.4, -0.2) is 17.4 Å². The maximum absolute atomic E-state index is 13.1. The van der Waals surface area contributed by atoms with Crippen LogP contribution in [0.3, 0.4) is 0 Å². The highest BCUT2D eigenvalue weighted by Gasteiger charge is 2.30. The van der Waals surface area contributed by atoms with Crippen LogP contribution in [0.5, 0.6) is 0 Å². The van der Waals surface area contributed by atoms with Crippen molar-refractivity contribution in [3.63, 3.8) is 0 Å². The van der Waals surface area contributed by atoms with Crippen LogP contribution < -0.4 is 10.2 Å². The lowest BCUT2D eigenvalue weighted by molar-refractivity contribution is -0.137. The van der Waals surface area contributed by atoms with E-state index in [1.165, 1.54) is 12.1 Å². The summed E-state index contributed by atoms with van der Waals surface area (Å²) in [4.78, 5) is 19.8. The molecule has 0 fully saturated rings. The molecule has 1 amide bonds. The lowest BCUT2D eigenvalue weighted by atomic mass is 9.98. The van der Waals surface area contributed by atoms with E-state index < -0.39 is 11.7 Å². The van der Waals surface area contributed by atoms with Crippen molar-refractivity contribution in [2.24, 2.45) is 0 Å². The Labute approximate surface area is 201 Å². The van der Waals surface area contributed by atoms with Crippen molar-refractivity contribution in [1.82, 2.24) is 4.98 Å². The summed E-state index contributed by atoms with van der Waals surface area (Å²) in [6, 6.07) is 23.5. The number of fused-ring (bicyclic) bond motifs is 1. The van der Waals surface area contributed by atoms with Crippen LogP contribution in [0.25, 0.3) is 11.1 Å². The molecular weight excluding hydrogens is 451 g/mol. The molecule has 0 spiro atoms. The van der Waals surface area contributed by atoms with Crippen molar-refractivity contribution in [2.75, 3.05) is 16.8 Å². The van der Waals surface area contributed by atoms with E-state index in [4.69, 9.17) is 0 Å². The molecule has 1 N–H and O–H groups in total. The van der Waals surface area contributed by atoms with E-state index in [-0.39, 0.29) is 5.91 Å². The molecule has 0 saturated heterocycles. The number of carbonyl (C=O) groups is 1. The van der Waals surface area contributed by atoms with Gasteiger partial charge >= 0.3 is 6.18 Å². The number of hydrogen-bond acceptors (Lipinski definition) is 3. The van der Waals surface area contributed by atoms with Crippen molar-refractivity contribution in [3.05, 3.63) is 114 Å². The van der Waals surface area contributed by atoms with Crippen molar-refractivity contribution >= 4 is 17.3 Å². The molecule has 1 aliphatic heterocycles. The predicted molar refractivity (Wildman–Crippen MR) is 130 cm³/mol. The Morgan fingerprint density at radius 2 is 1.71 bits per heavy atom. The zero-order valence-corrected chi connectivity index (χ0v) is 18.7. The number of carbonyl (C=O) groups excluding carboxylic acids is 1. The highest BCUT2D eigenvalue weighted by molar-refractivity contribution is 6.08. The highest BCUT2D eigenvalue weighted by atomic mass is 19.4. The van der Waals surface area contributed by atoms with Crippen LogP contribution in [0.1, 0.15) is 27.2 Å². The molecule has 1 aliphatic rings. The quantitative estimate of drug-likeness (QED) is 0.356. The molecular formula is C28H22F3N3O. The van der Waals surface area contributed by atoms with Gasteiger partial charge in [-0.1, -0.05) is 36.4 Å². The third-order valence-electron chi connectivity index (χ3n) is 6.10. The Balaban J connectivity index is 1.34. The first-order valence-corrected chi connectivity index (χ1v) is 11.2. The summed E-state index contributed by atoms with van der Waals surface area (Å²) < 4.78 is 38.8. The molecule has 4 aromatic rings. The average Bonchev–Trinajstić information content (AvgIpc) is 3.26. The number of pyridine rings is 1. The molecule has 3 aromatic carbocycles. The van der Waals surface area contributed by atoms with Gasteiger partial charge in [-0.25, -0.2) is 0 Å². The first kappa shape index (κ1) is 22.7. The molecule has 1 aromatic heterocycles. The minimum Gasteiger partial charge on any atom is -0.365 e. The lowest BCUT2D eigenvalue weighted by Crippen LogP contribution is -2.20. The summed E-state index contributed by atoms with van der Waals surface area (Å²) in [5.74, 6) is -0.316. The third-order valence-corrected chi connectivity index (χ3v) is 6.10. The van der Waals surface area contributed by atoms with Gasteiger partial charge in [0.1, 0.15) is 0 Å². The lowest BCUT2D eigenvalue weighted by Gasteiger charge is -2.19. The fourth-order valence-electron chi connectivity index (χ4n) is 4.37. The number of amides is 1. The number of nitrogens with zero attached hydrogens (tertiary/aromatic N) is 2. The molecule has 176 valence electrons. The Hall–Kier alpha value is -4.13. The molecule has 0 bridgehead atoms. The third kappa shape index (κ3) is 4.89. The van der Waals surface area contributed by atoms with E-state index in [0.717, 1.165) is 48.6 Å². The molecule has 0 atom stereocenters. The second-order valence-electron chi connectivity index (χ2n) is 8.41. The Kier molecular flexibility index (Phi) is 5.99. The minimum atomic E-state index is -4.41. The maximum atomic E-state index is 13.1. The van der Waals surface area contributed by atoms with Crippen LogP contribution >= 0.6 is 0 Å². The van der Waals surface area contributed by atoms with Gasteiger partial charge in [-0.3, -0.25) is 9.78 Å². The first-order valence-electron chi connectivity index (χ1n) is 11.2. The number of alkyl halides is 3.